The first-order valence-corrected chi connectivity index (χ1v) is 10.2. The van der Waals surface area contributed by atoms with E-state index in [0.29, 0.717) is 28.9 Å². The summed E-state index contributed by atoms with van der Waals surface area (Å²) in [5.41, 5.74) is 2.47. The van der Waals surface area contributed by atoms with Gasteiger partial charge in [0, 0.05) is 34.3 Å². The van der Waals surface area contributed by atoms with Gasteiger partial charge in [0.1, 0.15) is 0 Å². The van der Waals surface area contributed by atoms with E-state index in [2.05, 4.69) is 10.6 Å². The number of rotatable bonds is 6. The first-order chi connectivity index (χ1) is 14.3. The summed E-state index contributed by atoms with van der Waals surface area (Å²) in [6.07, 6.45) is 2.79. The molecule has 1 saturated carbocycles. The van der Waals surface area contributed by atoms with Gasteiger partial charge in [-0.3, -0.25) is 19.2 Å². The molecule has 156 valence electrons. The number of benzene rings is 2. The van der Waals surface area contributed by atoms with Crippen LogP contribution in [0.5, 0.6) is 0 Å². The lowest BCUT2D eigenvalue weighted by Crippen LogP contribution is -2.33. The van der Waals surface area contributed by atoms with Crippen LogP contribution in [0.15, 0.2) is 48.5 Å². The van der Waals surface area contributed by atoms with Crippen LogP contribution in [0, 0.1) is 11.8 Å². The molecule has 30 heavy (non-hydrogen) atoms. The van der Waals surface area contributed by atoms with Crippen molar-refractivity contribution < 1.29 is 19.2 Å². The van der Waals surface area contributed by atoms with Crippen molar-refractivity contribution in [1.29, 1.82) is 0 Å². The zero-order chi connectivity index (χ0) is 21.7. The van der Waals surface area contributed by atoms with Crippen molar-refractivity contribution in [3.05, 3.63) is 59.7 Å². The van der Waals surface area contributed by atoms with Gasteiger partial charge < -0.3 is 10.6 Å². The van der Waals surface area contributed by atoms with Crippen LogP contribution in [0.1, 0.15) is 60.2 Å². The number of carbonyl (C=O) groups excluding carboxylic acids is 4. The van der Waals surface area contributed by atoms with Gasteiger partial charge in [-0.2, -0.15) is 0 Å². The van der Waals surface area contributed by atoms with Crippen LogP contribution in [0.4, 0.5) is 11.4 Å². The van der Waals surface area contributed by atoms with Gasteiger partial charge in [-0.05, 0) is 81.6 Å². The molecule has 0 bridgehead atoms. The van der Waals surface area contributed by atoms with E-state index >= 15 is 0 Å². The number of carbonyl (C=O) groups is 4. The third kappa shape index (κ3) is 5.41. The molecule has 2 aromatic rings. The molecule has 1 fully saturated rings. The number of nitrogens with one attached hydrogen (secondary N) is 2. The maximum absolute atomic E-state index is 12.7. The molecule has 0 radical (unpaired) electrons. The van der Waals surface area contributed by atoms with Crippen molar-refractivity contribution in [1.82, 2.24) is 0 Å². The molecule has 0 aliphatic heterocycles. The molecule has 0 aromatic heterocycles. The molecule has 2 N–H and O–H groups in total. The first kappa shape index (κ1) is 21.4. The average molecular weight is 406 g/mol. The minimum absolute atomic E-state index is 0.0232. The second-order valence-electron chi connectivity index (χ2n) is 7.81. The average Bonchev–Trinajstić information content (AvgIpc) is 2.74. The number of hydrogen-bond donors (Lipinski definition) is 2. The number of hydrogen-bond acceptors (Lipinski definition) is 4. The zero-order valence-corrected chi connectivity index (χ0v) is 17.2. The Morgan fingerprint density at radius 1 is 0.667 bits per heavy atom. The number of anilines is 2. The van der Waals surface area contributed by atoms with Crippen LogP contribution in [-0.4, -0.2) is 23.4 Å². The molecule has 0 saturated heterocycles. The van der Waals surface area contributed by atoms with E-state index in [1.807, 2.05) is 0 Å². The summed E-state index contributed by atoms with van der Waals surface area (Å²) in [5, 5.41) is 5.78. The Morgan fingerprint density at radius 2 is 1.03 bits per heavy atom. The largest absolute Gasteiger partial charge is 0.326 e. The summed E-state index contributed by atoms with van der Waals surface area (Å²) in [7, 11) is 0. The molecule has 1 aliphatic carbocycles. The van der Waals surface area contributed by atoms with Gasteiger partial charge in [0.2, 0.25) is 11.8 Å². The van der Waals surface area contributed by atoms with Crippen LogP contribution in [0.2, 0.25) is 0 Å². The lowest BCUT2D eigenvalue weighted by Gasteiger charge is -2.27. The van der Waals surface area contributed by atoms with E-state index in [9.17, 15) is 19.2 Å². The van der Waals surface area contributed by atoms with Gasteiger partial charge in [-0.1, -0.05) is 6.42 Å². The normalized spacial score (nSPS) is 18.3. The molecule has 0 spiro atoms. The van der Waals surface area contributed by atoms with E-state index in [0.717, 1.165) is 19.3 Å². The Hall–Kier alpha value is -3.28. The Kier molecular flexibility index (Phi) is 6.77. The summed E-state index contributed by atoms with van der Waals surface area (Å²) >= 11 is 0. The number of Topliss-reactive ketones (excluding diaryl/α,β-unsaturated/α-hetero) is 2. The van der Waals surface area contributed by atoms with E-state index in [1.165, 1.54) is 13.8 Å². The molecule has 2 unspecified atom stereocenters. The monoisotopic (exact) mass is 406 g/mol. The van der Waals surface area contributed by atoms with Crippen molar-refractivity contribution >= 4 is 34.8 Å². The number of ketones is 2. The molecule has 0 heterocycles. The van der Waals surface area contributed by atoms with E-state index < -0.39 is 0 Å². The highest BCUT2D eigenvalue weighted by molar-refractivity contribution is 5.98. The number of amides is 2. The fraction of sp³-hybridized carbons (Fsp3) is 0.333. The van der Waals surface area contributed by atoms with Crippen LogP contribution in [0.25, 0.3) is 0 Å². The quantitative estimate of drug-likeness (QED) is 0.692. The van der Waals surface area contributed by atoms with Gasteiger partial charge >= 0.3 is 0 Å². The molecule has 2 aromatic carbocycles. The summed E-state index contributed by atoms with van der Waals surface area (Å²) in [4.78, 5) is 48.1. The van der Waals surface area contributed by atoms with Crippen molar-refractivity contribution in [2.75, 3.05) is 10.6 Å². The summed E-state index contributed by atoms with van der Waals surface area (Å²) in [5.74, 6) is -0.721. The Bertz CT molecular complexity index is 871. The summed E-state index contributed by atoms with van der Waals surface area (Å²) in [6, 6.07) is 13.6. The molecule has 6 heteroatoms. The van der Waals surface area contributed by atoms with Gasteiger partial charge in [0.25, 0.3) is 0 Å². The van der Waals surface area contributed by atoms with Gasteiger partial charge in [-0.25, -0.2) is 0 Å². The molecular weight excluding hydrogens is 380 g/mol. The lowest BCUT2D eigenvalue weighted by molar-refractivity contribution is -0.124. The van der Waals surface area contributed by atoms with Crippen molar-refractivity contribution in [3.8, 4) is 0 Å². The van der Waals surface area contributed by atoms with Gasteiger partial charge in [-0.15, -0.1) is 0 Å². The molecular formula is C24H26N2O4. The predicted molar refractivity (Wildman–Crippen MR) is 116 cm³/mol. The maximum atomic E-state index is 12.7. The molecule has 6 nitrogen and oxygen atoms in total. The summed E-state index contributed by atoms with van der Waals surface area (Å²) in [6.45, 7) is 3.00. The van der Waals surface area contributed by atoms with Crippen LogP contribution in [-0.2, 0) is 9.59 Å². The first-order valence-electron chi connectivity index (χ1n) is 10.2. The van der Waals surface area contributed by atoms with E-state index in [4.69, 9.17) is 0 Å². The van der Waals surface area contributed by atoms with E-state index in [-0.39, 0.29) is 35.2 Å². The Labute approximate surface area is 176 Å². The minimum atomic E-state index is -0.234. The standard InChI is InChI=1S/C24H26N2O4/c1-15(27)17-6-10-21(11-7-17)25-23(29)19-4-3-5-20(14-19)24(30)26-22-12-8-18(9-13-22)16(2)28/h6-13,19-20H,3-5,14H2,1-2H3,(H,25,29)(H,26,30). The highest BCUT2D eigenvalue weighted by Crippen LogP contribution is 2.31. The van der Waals surface area contributed by atoms with Gasteiger partial charge in [0.05, 0.1) is 0 Å². The van der Waals surface area contributed by atoms with Gasteiger partial charge in [0.15, 0.2) is 11.6 Å². The SMILES string of the molecule is CC(=O)c1ccc(NC(=O)C2CCCC(C(=O)Nc3ccc(C(C)=O)cc3)C2)cc1. The maximum Gasteiger partial charge on any atom is 0.227 e. The fourth-order valence-corrected chi connectivity index (χ4v) is 3.73. The van der Waals surface area contributed by atoms with Crippen LogP contribution in [0.3, 0.4) is 0 Å². The molecule has 1 aliphatic rings. The Balaban J connectivity index is 1.57. The Morgan fingerprint density at radius 3 is 1.37 bits per heavy atom. The van der Waals surface area contributed by atoms with Crippen LogP contribution < -0.4 is 10.6 Å². The minimum Gasteiger partial charge on any atom is -0.326 e. The topological polar surface area (TPSA) is 92.3 Å². The molecule has 2 amide bonds. The third-order valence-electron chi connectivity index (χ3n) is 5.53. The van der Waals surface area contributed by atoms with E-state index in [1.54, 1.807) is 48.5 Å². The highest BCUT2D eigenvalue weighted by Gasteiger charge is 2.31. The van der Waals surface area contributed by atoms with Crippen molar-refractivity contribution in [3.63, 3.8) is 0 Å². The zero-order valence-electron chi connectivity index (χ0n) is 17.2. The van der Waals surface area contributed by atoms with Crippen molar-refractivity contribution in [2.24, 2.45) is 11.8 Å². The molecule has 3 rings (SSSR count). The second kappa shape index (κ2) is 9.48. The second-order valence-corrected chi connectivity index (χ2v) is 7.81. The predicted octanol–water partition coefficient (Wildman–Crippen LogP) is 4.48. The third-order valence-corrected chi connectivity index (χ3v) is 5.53. The van der Waals surface area contributed by atoms with Crippen LogP contribution >= 0.6 is 0 Å². The highest BCUT2D eigenvalue weighted by atomic mass is 16.2. The fourth-order valence-electron chi connectivity index (χ4n) is 3.73. The molecule has 2 atom stereocenters. The summed E-state index contributed by atoms with van der Waals surface area (Å²) < 4.78 is 0. The smallest absolute Gasteiger partial charge is 0.227 e. The lowest BCUT2D eigenvalue weighted by atomic mass is 9.80. The van der Waals surface area contributed by atoms with Crippen molar-refractivity contribution in [2.45, 2.75) is 39.5 Å².